The van der Waals surface area contributed by atoms with E-state index in [2.05, 4.69) is 10.6 Å². The maximum absolute atomic E-state index is 13.9. The average molecular weight is 537 g/mol. The molecule has 8 nitrogen and oxygen atoms in total. The molecule has 0 bridgehead atoms. The third-order valence-corrected chi connectivity index (χ3v) is 8.00. The molecule has 3 fully saturated rings. The molecule has 0 aliphatic carbocycles. The van der Waals surface area contributed by atoms with Crippen LogP contribution in [0.15, 0.2) is 54.6 Å². The van der Waals surface area contributed by atoms with E-state index in [0.29, 0.717) is 43.8 Å². The normalized spacial score (nSPS) is 26.6. The highest BCUT2D eigenvalue weighted by atomic mass is 35.5. The van der Waals surface area contributed by atoms with Gasteiger partial charge in [0, 0.05) is 37.0 Å². The first-order valence-corrected chi connectivity index (χ1v) is 13.8. The molecule has 0 unspecified atom stereocenters. The minimum atomic E-state index is -0.833. The molecule has 3 saturated heterocycles. The highest BCUT2D eigenvalue weighted by Crippen LogP contribution is 2.27. The Kier molecular flexibility index (Phi) is 7.98. The van der Waals surface area contributed by atoms with Crippen LogP contribution < -0.4 is 10.6 Å². The Morgan fingerprint density at radius 2 is 1.37 bits per heavy atom. The molecule has 2 N–H and O–H groups in total. The molecule has 3 heterocycles. The standard InChI is InChI=1S/C29H33ClN4O4/c30-21-12-10-20(11-13-21)17-23-28(37)34-15-5-9-25(34)29(38)33-14-4-8-24(33)27(36)31-22(18-26(35)32-23)16-19-6-2-1-3-7-19/h1-3,6-7,10-13,22-25H,4-5,8-9,14-18H2,(H,31,36)(H,32,35)/t22-,23-,24-,25-/m0/s1. The maximum Gasteiger partial charge on any atom is 0.246 e. The van der Waals surface area contributed by atoms with Crippen LogP contribution in [-0.2, 0) is 32.0 Å². The third-order valence-electron chi connectivity index (χ3n) is 7.75. The van der Waals surface area contributed by atoms with Gasteiger partial charge in [-0.15, -0.1) is 0 Å². The van der Waals surface area contributed by atoms with Crippen molar-refractivity contribution in [2.75, 3.05) is 13.1 Å². The van der Waals surface area contributed by atoms with Crippen LogP contribution in [0.4, 0.5) is 0 Å². The second-order valence-electron chi connectivity index (χ2n) is 10.4. The Bertz CT molecular complexity index is 1190. The van der Waals surface area contributed by atoms with Gasteiger partial charge in [-0.3, -0.25) is 19.2 Å². The van der Waals surface area contributed by atoms with Gasteiger partial charge in [-0.05, 0) is 55.4 Å². The van der Waals surface area contributed by atoms with E-state index in [4.69, 9.17) is 11.6 Å². The lowest BCUT2D eigenvalue weighted by atomic mass is 10.0. The second kappa shape index (κ2) is 11.6. The van der Waals surface area contributed by atoms with Gasteiger partial charge in [-0.25, -0.2) is 0 Å². The van der Waals surface area contributed by atoms with Crippen LogP contribution in [0.1, 0.15) is 43.2 Å². The van der Waals surface area contributed by atoms with Gasteiger partial charge in [0.1, 0.15) is 18.1 Å². The molecule has 2 aromatic rings. The number of carbonyl (C=O) groups excluding carboxylic acids is 4. The molecule has 0 spiro atoms. The molecule has 200 valence electrons. The van der Waals surface area contributed by atoms with Crippen molar-refractivity contribution in [3.63, 3.8) is 0 Å². The number of amides is 4. The van der Waals surface area contributed by atoms with Gasteiger partial charge in [0.25, 0.3) is 0 Å². The largest absolute Gasteiger partial charge is 0.351 e. The summed E-state index contributed by atoms with van der Waals surface area (Å²) in [6, 6.07) is 14.3. The molecule has 4 amide bonds. The van der Waals surface area contributed by atoms with E-state index in [1.807, 2.05) is 42.5 Å². The summed E-state index contributed by atoms with van der Waals surface area (Å²) in [5.41, 5.74) is 1.84. The molecule has 0 aromatic heterocycles. The van der Waals surface area contributed by atoms with Crippen molar-refractivity contribution in [2.24, 2.45) is 0 Å². The van der Waals surface area contributed by atoms with E-state index in [0.717, 1.165) is 17.5 Å². The molecule has 5 rings (SSSR count). The van der Waals surface area contributed by atoms with Gasteiger partial charge < -0.3 is 20.4 Å². The lowest BCUT2D eigenvalue weighted by molar-refractivity contribution is -0.147. The van der Waals surface area contributed by atoms with Crippen molar-refractivity contribution in [2.45, 2.75) is 69.1 Å². The molecule has 3 aliphatic heterocycles. The van der Waals surface area contributed by atoms with E-state index in [-0.39, 0.29) is 36.5 Å². The molecule has 4 atom stereocenters. The lowest BCUT2D eigenvalue weighted by Gasteiger charge is -2.32. The zero-order valence-electron chi connectivity index (χ0n) is 21.3. The van der Waals surface area contributed by atoms with Crippen LogP contribution in [0, 0.1) is 0 Å². The number of halogens is 1. The Labute approximate surface area is 227 Å². The van der Waals surface area contributed by atoms with Crippen LogP contribution >= 0.6 is 11.6 Å². The van der Waals surface area contributed by atoms with Gasteiger partial charge in [0.2, 0.25) is 23.6 Å². The summed E-state index contributed by atoms with van der Waals surface area (Å²) in [4.78, 5) is 57.6. The molecule has 0 radical (unpaired) electrons. The number of fused-ring (bicyclic) bond motifs is 2. The predicted octanol–water partition coefficient (Wildman–Crippen LogP) is 2.48. The van der Waals surface area contributed by atoms with E-state index >= 15 is 0 Å². The zero-order valence-corrected chi connectivity index (χ0v) is 22.0. The van der Waals surface area contributed by atoms with Crippen molar-refractivity contribution >= 4 is 35.2 Å². The number of nitrogens with zero attached hydrogens (tertiary/aromatic N) is 2. The first-order chi connectivity index (χ1) is 18.4. The monoisotopic (exact) mass is 536 g/mol. The van der Waals surface area contributed by atoms with Crippen molar-refractivity contribution in [1.29, 1.82) is 0 Å². The van der Waals surface area contributed by atoms with Crippen molar-refractivity contribution in [3.8, 4) is 0 Å². The summed E-state index contributed by atoms with van der Waals surface area (Å²) in [6.07, 6.45) is 3.32. The molecular weight excluding hydrogens is 504 g/mol. The maximum atomic E-state index is 13.9. The highest BCUT2D eigenvalue weighted by Gasteiger charge is 2.44. The number of hydrogen-bond acceptors (Lipinski definition) is 4. The fraction of sp³-hybridized carbons (Fsp3) is 0.448. The van der Waals surface area contributed by atoms with Gasteiger partial charge in [-0.1, -0.05) is 54.1 Å². The first-order valence-electron chi connectivity index (χ1n) is 13.4. The highest BCUT2D eigenvalue weighted by molar-refractivity contribution is 6.30. The average Bonchev–Trinajstić information content (AvgIpc) is 3.59. The van der Waals surface area contributed by atoms with Crippen molar-refractivity contribution in [3.05, 3.63) is 70.7 Å². The SMILES string of the molecule is O=C1C[C@H](Cc2ccccc2)NC(=O)[C@@H]2CCCN2C(=O)[C@@H]2CCCN2C(=O)[C@H](Cc2ccc(Cl)cc2)N1. The Morgan fingerprint density at radius 1 is 0.737 bits per heavy atom. The molecule has 0 saturated carbocycles. The van der Waals surface area contributed by atoms with E-state index in [9.17, 15) is 19.2 Å². The fourth-order valence-electron chi connectivity index (χ4n) is 5.89. The summed E-state index contributed by atoms with van der Waals surface area (Å²) < 4.78 is 0. The minimum Gasteiger partial charge on any atom is -0.351 e. The van der Waals surface area contributed by atoms with Crippen molar-refractivity contribution < 1.29 is 19.2 Å². The summed E-state index contributed by atoms with van der Waals surface area (Å²) in [6.45, 7) is 0.938. The number of benzene rings is 2. The van der Waals surface area contributed by atoms with Crippen LogP contribution in [0.2, 0.25) is 5.02 Å². The van der Waals surface area contributed by atoms with Crippen LogP contribution in [0.3, 0.4) is 0 Å². The summed E-state index contributed by atoms with van der Waals surface area (Å²) >= 11 is 6.05. The predicted molar refractivity (Wildman–Crippen MR) is 143 cm³/mol. The first kappa shape index (κ1) is 26.2. The van der Waals surface area contributed by atoms with Gasteiger partial charge in [-0.2, -0.15) is 0 Å². The molecular formula is C29H33ClN4O4. The van der Waals surface area contributed by atoms with Gasteiger partial charge in [0.15, 0.2) is 0 Å². The second-order valence-corrected chi connectivity index (χ2v) is 10.9. The summed E-state index contributed by atoms with van der Waals surface area (Å²) in [5, 5.41) is 6.59. The summed E-state index contributed by atoms with van der Waals surface area (Å²) in [7, 11) is 0. The molecule has 9 heteroatoms. The van der Waals surface area contributed by atoms with Gasteiger partial charge in [0.05, 0.1) is 0 Å². The quantitative estimate of drug-likeness (QED) is 0.627. The number of hydrogen-bond donors (Lipinski definition) is 2. The number of rotatable bonds is 4. The minimum absolute atomic E-state index is 0.0229. The molecule has 38 heavy (non-hydrogen) atoms. The number of carbonyl (C=O) groups is 4. The van der Waals surface area contributed by atoms with Crippen LogP contribution in [0.25, 0.3) is 0 Å². The topological polar surface area (TPSA) is 98.8 Å². The third kappa shape index (κ3) is 5.85. The van der Waals surface area contributed by atoms with E-state index in [1.165, 1.54) is 0 Å². The Morgan fingerprint density at radius 3 is 2.08 bits per heavy atom. The van der Waals surface area contributed by atoms with E-state index in [1.54, 1.807) is 21.9 Å². The molecule has 2 aromatic carbocycles. The fourth-order valence-corrected chi connectivity index (χ4v) is 6.01. The van der Waals surface area contributed by atoms with Crippen LogP contribution in [-0.4, -0.2) is 70.7 Å². The molecule has 3 aliphatic rings. The van der Waals surface area contributed by atoms with Crippen molar-refractivity contribution in [1.82, 2.24) is 20.4 Å². The lowest BCUT2D eigenvalue weighted by Crippen LogP contribution is -2.56. The Balaban J connectivity index is 1.46. The van der Waals surface area contributed by atoms with Crippen LogP contribution in [0.5, 0.6) is 0 Å². The summed E-state index contributed by atoms with van der Waals surface area (Å²) in [5.74, 6) is -0.998. The number of nitrogens with one attached hydrogen (secondary N) is 2. The van der Waals surface area contributed by atoms with Gasteiger partial charge >= 0.3 is 0 Å². The van der Waals surface area contributed by atoms with E-state index < -0.39 is 24.2 Å². The smallest absolute Gasteiger partial charge is 0.246 e. The zero-order chi connectivity index (χ0) is 26.6. The Hall–Kier alpha value is -3.39.